The Hall–Kier alpha value is -3.32. The molecule has 158 valence electrons. The predicted octanol–water partition coefficient (Wildman–Crippen LogP) is 4.98. The zero-order chi connectivity index (χ0) is 22.1. The van der Waals surface area contributed by atoms with E-state index >= 15 is 0 Å². The summed E-state index contributed by atoms with van der Waals surface area (Å²) in [6, 6.07) is 16.8. The Morgan fingerprint density at radius 2 is 1.81 bits per heavy atom. The number of aliphatic hydroxyl groups excluding tert-OH is 1. The zero-order valence-electron chi connectivity index (χ0n) is 17.0. The maximum atomic E-state index is 13.0. The number of methoxy groups -OCH3 is 1. The van der Waals surface area contributed by atoms with Gasteiger partial charge >= 0.3 is 0 Å². The summed E-state index contributed by atoms with van der Waals surface area (Å²) in [5.41, 5.74) is 1.17. The van der Waals surface area contributed by atoms with E-state index in [0.717, 1.165) is 10.0 Å². The third kappa shape index (κ3) is 3.88. The fraction of sp³-hybridized carbons (Fsp3) is 0.167. The number of hydrogen-bond acceptors (Lipinski definition) is 5. The Morgan fingerprint density at radius 3 is 2.45 bits per heavy atom. The number of rotatable bonds is 5. The number of ketones is 1. The smallest absolute Gasteiger partial charge is 0.296 e. The summed E-state index contributed by atoms with van der Waals surface area (Å²) in [7, 11) is 1.55. The number of benzene rings is 2. The second-order valence-corrected chi connectivity index (χ2v) is 8.11. The highest BCUT2D eigenvalue weighted by atomic mass is 79.9. The number of aryl methyl sites for hydroxylation is 1. The zero-order valence-corrected chi connectivity index (χ0v) is 18.5. The molecule has 0 bridgehead atoms. The second-order valence-electron chi connectivity index (χ2n) is 7.19. The monoisotopic (exact) mass is 481 g/mol. The van der Waals surface area contributed by atoms with Crippen LogP contribution in [0.1, 0.15) is 28.7 Å². The van der Waals surface area contributed by atoms with Gasteiger partial charge < -0.3 is 19.2 Å². The number of aliphatic hydroxyl groups is 1. The molecule has 7 heteroatoms. The standard InChI is InChI=1S/C24H20BrNO5/c1-14-7-12-19(31-14)21-20(22(27)15-8-10-17(25)11-9-15)23(28)24(29)26(21)13-16-5-3-4-6-18(16)30-2/h3-12,21,27H,13H2,1-2H3/b22-20+. The Balaban J connectivity index is 1.85. The lowest BCUT2D eigenvalue weighted by molar-refractivity contribution is -0.140. The summed E-state index contributed by atoms with van der Waals surface area (Å²) in [5, 5.41) is 11.0. The van der Waals surface area contributed by atoms with E-state index in [-0.39, 0.29) is 17.9 Å². The molecule has 1 aliphatic rings. The van der Waals surface area contributed by atoms with Crippen molar-refractivity contribution in [2.75, 3.05) is 7.11 Å². The van der Waals surface area contributed by atoms with Crippen LogP contribution in [0.3, 0.4) is 0 Å². The molecule has 1 amide bonds. The van der Waals surface area contributed by atoms with E-state index in [1.807, 2.05) is 18.2 Å². The van der Waals surface area contributed by atoms with Crippen molar-refractivity contribution in [1.82, 2.24) is 4.90 Å². The van der Waals surface area contributed by atoms with Gasteiger partial charge in [-0.25, -0.2) is 0 Å². The topological polar surface area (TPSA) is 80.0 Å². The number of amides is 1. The molecule has 1 N–H and O–H groups in total. The van der Waals surface area contributed by atoms with Crippen LogP contribution in [0.2, 0.25) is 0 Å². The lowest BCUT2D eigenvalue weighted by Gasteiger charge is -2.24. The van der Waals surface area contributed by atoms with Crippen molar-refractivity contribution < 1.29 is 23.8 Å². The number of hydrogen-bond donors (Lipinski definition) is 1. The van der Waals surface area contributed by atoms with E-state index < -0.39 is 17.7 Å². The number of Topliss-reactive ketones (excluding diaryl/α,β-unsaturated/α-hetero) is 1. The number of carbonyl (C=O) groups excluding carboxylic acids is 2. The normalized spacial score (nSPS) is 17.9. The van der Waals surface area contributed by atoms with Crippen molar-refractivity contribution in [2.45, 2.75) is 19.5 Å². The fourth-order valence-electron chi connectivity index (χ4n) is 3.72. The molecule has 0 spiro atoms. The van der Waals surface area contributed by atoms with Crippen LogP contribution in [0.5, 0.6) is 5.75 Å². The number of ether oxygens (including phenoxy) is 1. The van der Waals surface area contributed by atoms with E-state index in [9.17, 15) is 14.7 Å². The van der Waals surface area contributed by atoms with Crippen LogP contribution in [0.25, 0.3) is 5.76 Å². The minimum Gasteiger partial charge on any atom is -0.507 e. The van der Waals surface area contributed by atoms with Gasteiger partial charge in [0.2, 0.25) is 0 Å². The molecule has 1 atom stereocenters. The maximum absolute atomic E-state index is 13.0. The molecular weight excluding hydrogens is 462 g/mol. The Kier molecular flexibility index (Phi) is 5.69. The Morgan fingerprint density at radius 1 is 1.10 bits per heavy atom. The first kappa shape index (κ1) is 20.9. The Bertz CT molecular complexity index is 1180. The molecule has 2 aromatic carbocycles. The second kappa shape index (κ2) is 8.43. The van der Waals surface area contributed by atoms with Crippen molar-refractivity contribution in [3.05, 3.63) is 93.4 Å². The minimum absolute atomic E-state index is 0.00318. The molecule has 4 rings (SSSR count). The van der Waals surface area contributed by atoms with Crippen molar-refractivity contribution >= 4 is 33.4 Å². The fourth-order valence-corrected chi connectivity index (χ4v) is 3.98. The van der Waals surface area contributed by atoms with E-state index in [4.69, 9.17) is 9.15 Å². The summed E-state index contributed by atoms with van der Waals surface area (Å²) in [6.45, 7) is 1.90. The van der Waals surface area contributed by atoms with E-state index in [1.54, 1.807) is 56.5 Å². The van der Waals surface area contributed by atoms with Crippen LogP contribution in [0, 0.1) is 6.92 Å². The minimum atomic E-state index is -0.859. The summed E-state index contributed by atoms with van der Waals surface area (Å²) < 4.78 is 12.0. The van der Waals surface area contributed by atoms with Gasteiger partial charge in [0.25, 0.3) is 11.7 Å². The highest BCUT2D eigenvalue weighted by Gasteiger charge is 2.47. The average Bonchev–Trinajstić information content (AvgIpc) is 3.30. The van der Waals surface area contributed by atoms with Crippen molar-refractivity contribution in [1.29, 1.82) is 0 Å². The van der Waals surface area contributed by atoms with Gasteiger partial charge in [-0.05, 0) is 37.3 Å². The molecule has 1 aliphatic heterocycles. The van der Waals surface area contributed by atoms with Gasteiger partial charge in [-0.15, -0.1) is 0 Å². The van der Waals surface area contributed by atoms with Crippen LogP contribution in [-0.2, 0) is 16.1 Å². The summed E-state index contributed by atoms with van der Waals surface area (Å²) in [6.07, 6.45) is 0. The van der Waals surface area contributed by atoms with Crippen LogP contribution in [0.4, 0.5) is 0 Å². The van der Waals surface area contributed by atoms with Crippen molar-refractivity contribution in [3.63, 3.8) is 0 Å². The lowest BCUT2D eigenvalue weighted by Crippen LogP contribution is -2.29. The largest absolute Gasteiger partial charge is 0.507 e. The molecule has 31 heavy (non-hydrogen) atoms. The van der Waals surface area contributed by atoms with Gasteiger partial charge in [-0.1, -0.05) is 46.3 Å². The first-order chi connectivity index (χ1) is 14.9. The van der Waals surface area contributed by atoms with Crippen LogP contribution in [0.15, 0.2) is 75.1 Å². The van der Waals surface area contributed by atoms with Crippen molar-refractivity contribution in [2.24, 2.45) is 0 Å². The van der Waals surface area contributed by atoms with Crippen LogP contribution >= 0.6 is 15.9 Å². The molecule has 1 aromatic heterocycles. The van der Waals surface area contributed by atoms with E-state index in [1.165, 1.54) is 4.90 Å². The van der Waals surface area contributed by atoms with E-state index in [2.05, 4.69) is 15.9 Å². The molecule has 0 saturated carbocycles. The molecule has 1 unspecified atom stereocenters. The number of para-hydroxylation sites is 1. The summed E-state index contributed by atoms with van der Waals surface area (Å²) >= 11 is 3.36. The SMILES string of the molecule is COc1ccccc1CN1C(=O)C(=O)/C(=C(/O)c2ccc(Br)cc2)C1c1ccc(C)o1. The molecule has 6 nitrogen and oxygen atoms in total. The molecule has 0 radical (unpaired) electrons. The maximum Gasteiger partial charge on any atom is 0.296 e. The van der Waals surface area contributed by atoms with Gasteiger partial charge in [0, 0.05) is 15.6 Å². The van der Waals surface area contributed by atoms with Gasteiger partial charge in [-0.3, -0.25) is 9.59 Å². The van der Waals surface area contributed by atoms with Gasteiger partial charge in [0.05, 0.1) is 19.2 Å². The third-order valence-electron chi connectivity index (χ3n) is 5.22. The number of furan rings is 1. The first-order valence-electron chi connectivity index (χ1n) is 9.63. The predicted molar refractivity (Wildman–Crippen MR) is 118 cm³/mol. The highest BCUT2D eigenvalue weighted by molar-refractivity contribution is 9.10. The number of halogens is 1. The highest BCUT2D eigenvalue weighted by Crippen LogP contribution is 2.41. The summed E-state index contributed by atoms with van der Waals surface area (Å²) in [4.78, 5) is 27.5. The number of nitrogens with zero attached hydrogens (tertiary/aromatic N) is 1. The molecule has 3 aromatic rings. The van der Waals surface area contributed by atoms with Gasteiger partial charge in [0.15, 0.2) is 0 Å². The third-order valence-corrected chi connectivity index (χ3v) is 5.75. The van der Waals surface area contributed by atoms with Crippen LogP contribution < -0.4 is 4.74 Å². The lowest BCUT2D eigenvalue weighted by atomic mass is 9.99. The molecule has 1 fully saturated rings. The van der Waals surface area contributed by atoms with Crippen LogP contribution in [-0.4, -0.2) is 28.8 Å². The average molecular weight is 482 g/mol. The Labute approximate surface area is 187 Å². The molecule has 2 heterocycles. The van der Waals surface area contributed by atoms with E-state index in [0.29, 0.717) is 22.8 Å². The number of likely N-dealkylation sites (tertiary alicyclic amines) is 1. The summed E-state index contributed by atoms with van der Waals surface area (Å²) in [5.74, 6) is -0.0520. The molecule has 0 aliphatic carbocycles. The quantitative estimate of drug-likeness (QED) is 0.315. The molecule has 1 saturated heterocycles. The van der Waals surface area contributed by atoms with Gasteiger partial charge in [0.1, 0.15) is 29.1 Å². The molecular formula is C24H20BrNO5. The van der Waals surface area contributed by atoms with Crippen molar-refractivity contribution in [3.8, 4) is 5.75 Å². The first-order valence-corrected chi connectivity index (χ1v) is 10.4. The number of carbonyl (C=O) groups is 2. The van der Waals surface area contributed by atoms with Gasteiger partial charge in [-0.2, -0.15) is 0 Å².